The van der Waals surface area contributed by atoms with Gasteiger partial charge < -0.3 is 15.3 Å². The highest BCUT2D eigenvalue weighted by Gasteiger charge is 2.38. The SMILES string of the molecule is CN(C)c1cccc2c(CC(=O)N[C@@H](CSC(c3ccccc3)(c3ccccc3)c3ccccc3)C(=O)O)cccc12. The van der Waals surface area contributed by atoms with Crippen molar-refractivity contribution >= 4 is 40.1 Å². The number of anilines is 1. The Balaban J connectivity index is 1.44. The third-order valence-electron chi connectivity index (χ3n) is 7.46. The second-order valence-electron chi connectivity index (χ2n) is 10.4. The first-order valence-electron chi connectivity index (χ1n) is 13.9. The van der Waals surface area contributed by atoms with Crippen LogP contribution in [0.1, 0.15) is 22.3 Å². The van der Waals surface area contributed by atoms with Gasteiger partial charge in [0.05, 0.1) is 11.2 Å². The molecule has 5 aromatic rings. The fourth-order valence-corrected chi connectivity index (χ4v) is 7.02. The summed E-state index contributed by atoms with van der Waals surface area (Å²) in [5, 5.41) is 15.1. The molecule has 0 radical (unpaired) electrons. The molecule has 0 saturated heterocycles. The van der Waals surface area contributed by atoms with Gasteiger partial charge in [-0.2, -0.15) is 0 Å². The van der Waals surface area contributed by atoms with Crippen LogP contribution in [0.2, 0.25) is 0 Å². The molecule has 212 valence electrons. The number of carbonyl (C=O) groups is 2. The number of fused-ring (bicyclic) bond motifs is 1. The van der Waals surface area contributed by atoms with E-state index in [1.807, 2.05) is 110 Å². The first-order valence-corrected chi connectivity index (χ1v) is 14.9. The molecular weight excluding hydrogens is 540 g/mol. The minimum Gasteiger partial charge on any atom is -0.480 e. The zero-order valence-electron chi connectivity index (χ0n) is 23.7. The maximum atomic E-state index is 13.3. The summed E-state index contributed by atoms with van der Waals surface area (Å²) in [5.41, 5.74) is 5.03. The highest BCUT2D eigenvalue weighted by atomic mass is 32.2. The zero-order chi connectivity index (χ0) is 29.5. The van der Waals surface area contributed by atoms with E-state index in [-0.39, 0.29) is 18.1 Å². The Hall–Kier alpha value is -4.55. The molecule has 0 bridgehead atoms. The quantitative estimate of drug-likeness (QED) is 0.171. The number of hydrogen-bond donors (Lipinski definition) is 2. The van der Waals surface area contributed by atoms with Crippen molar-refractivity contribution in [3.8, 4) is 0 Å². The Morgan fingerprint density at radius 1 is 0.714 bits per heavy atom. The predicted molar refractivity (Wildman–Crippen MR) is 173 cm³/mol. The lowest BCUT2D eigenvalue weighted by atomic mass is 9.84. The molecule has 0 saturated carbocycles. The van der Waals surface area contributed by atoms with Crippen LogP contribution in [0.25, 0.3) is 10.8 Å². The summed E-state index contributed by atoms with van der Waals surface area (Å²) in [7, 11) is 3.98. The highest BCUT2D eigenvalue weighted by Crippen LogP contribution is 2.48. The number of nitrogens with zero attached hydrogens (tertiary/aromatic N) is 1. The highest BCUT2D eigenvalue weighted by molar-refractivity contribution is 8.00. The van der Waals surface area contributed by atoms with E-state index in [0.717, 1.165) is 38.7 Å². The van der Waals surface area contributed by atoms with Crippen LogP contribution in [-0.4, -0.2) is 42.9 Å². The minimum absolute atomic E-state index is 0.0872. The molecule has 0 aromatic heterocycles. The molecular formula is C36H34N2O3S. The molecule has 0 unspecified atom stereocenters. The molecule has 0 aliphatic heterocycles. The van der Waals surface area contributed by atoms with Gasteiger partial charge in [-0.25, -0.2) is 4.79 Å². The van der Waals surface area contributed by atoms with Crippen LogP contribution in [0.3, 0.4) is 0 Å². The van der Waals surface area contributed by atoms with E-state index in [2.05, 4.69) is 41.7 Å². The maximum absolute atomic E-state index is 13.3. The van der Waals surface area contributed by atoms with E-state index in [1.165, 1.54) is 11.8 Å². The van der Waals surface area contributed by atoms with E-state index in [4.69, 9.17) is 0 Å². The van der Waals surface area contributed by atoms with Crippen molar-refractivity contribution in [1.82, 2.24) is 5.32 Å². The van der Waals surface area contributed by atoms with Crippen LogP contribution in [0.4, 0.5) is 5.69 Å². The largest absolute Gasteiger partial charge is 0.480 e. The third-order valence-corrected chi connectivity index (χ3v) is 9.10. The lowest BCUT2D eigenvalue weighted by molar-refractivity contribution is -0.141. The van der Waals surface area contributed by atoms with Crippen LogP contribution < -0.4 is 10.2 Å². The third kappa shape index (κ3) is 6.04. The number of benzene rings is 5. The lowest BCUT2D eigenvalue weighted by Crippen LogP contribution is -2.44. The van der Waals surface area contributed by atoms with Crippen LogP contribution >= 0.6 is 11.8 Å². The van der Waals surface area contributed by atoms with E-state index < -0.39 is 16.8 Å². The van der Waals surface area contributed by atoms with Gasteiger partial charge in [-0.3, -0.25) is 4.79 Å². The Morgan fingerprint density at radius 3 is 1.71 bits per heavy atom. The second kappa shape index (κ2) is 13.0. The Bertz CT molecular complexity index is 1560. The molecule has 1 amide bonds. The molecule has 0 spiro atoms. The first-order chi connectivity index (χ1) is 20.4. The predicted octanol–water partition coefficient (Wildman–Crippen LogP) is 6.74. The van der Waals surface area contributed by atoms with Gasteiger partial charge >= 0.3 is 5.97 Å². The average Bonchev–Trinajstić information content (AvgIpc) is 3.02. The molecule has 1 atom stereocenters. The number of amides is 1. The standard InChI is InChI=1S/C36H34N2O3S/c1-38(2)33-23-13-21-30-26(14-12-22-31(30)33)24-34(39)37-32(35(40)41)25-42-36(27-15-6-3-7-16-27,28-17-8-4-9-18-28)29-19-10-5-11-20-29/h3-23,32H,24-25H2,1-2H3,(H,37,39)(H,40,41)/t32-/m0/s1. The lowest BCUT2D eigenvalue weighted by Gasteiger charge is -2.36. The van der Waals surface area contributed by atoms with Crippen molar-refractivity contribution in [2.45, 2.75) is 17.2 Å². The smallest absolute Gasteiger partial charge is 0.327 e. The zero-order valence-corrected chi connectivity index (χ0v) is 24.6. The normalized spacial score (nSPS) is 12.0. The van der Waals surface area contributed by atoms with Crippen molar-refractivity contribution in [1.29, 1.82) is 0 Å². The van der Waals surface area contributed by atoms with Crippen molar-refractivity contribution in [3.05, 3.63) is 150 Å². The molecule has 0 heterocycles. The van der Waals surface area contributed by atoms with Gasteiger partial charge in [-0.1, -0.05) is 121 Å². The van der Waals surface area contributed by atoms with Crippen molar-refractivity contribution in [3.63, 3.8) is 0 Å². The van der Waals surface area contributed by atoms with Crippen LogP contribution in [0.15, 0.2) is 127 Å². The van der Waals surface area contributed by atoms with E-state index in [1.54, 1.807) is 0 Å². The summed E-state index contributed by atoms with van der Waals surface area (Å²) in [6.45, 7) is 0. The molecule has 5 nitrogen and oxygen atoms in total. The van der Waals surface area contributed by atoms with Crippen molar-refractivity contribution in [2.24, 2.45) is 0 Å². The van der Waals surface area contributed by atoms with Gasteiger partial charge in [0.25, 0.3) is 0 Å². The first kappa shape index (κ1) is 29.0. The number of carbonyl (C=O) groups excluding carboxylic acids is 1. The van der Waals surface area contributed by atoms with Gasteiger partial charge in [0.2, 0.25) is 5.91 Å². The number of rotatable bonds is 11. The van der Waals surface area contributed by atoms with Crippen LogP contribution in [0, 0.1) is 0 Å². The molecule has 5 aromatic carbocycles. The number of nitrogens with one attached hydrogen (secondary N) is 1. The van der Waals surface area contributed by atoms with Crippen molar-refractivity contribution < 1.29 is 14.7 Å². The van der Waals surface area contributed by atoms with Crippen LogP contribution in [-0.2, 0) is 20.8 Å². The van der Waals surface area contributed by atoms with Crippen LogP contribution in [0.5, 0.6) is 0 Å². The summed E-state index contributed by atoms with van der Waals surface area (Å²) >= 11 is 1.52. The molecule has 5 rings (SSSR count). The van der Waals surface area contributed by atoms with Crippen molar-refractivity contribution in [2.75, 3.05) is 24.7 Å². The minimum atomic E-state index is -1.08. The second-order valence-corrected chi connectivity index (χ2v) is 11.6. The van der Waals surface area contributed by atoms with E-state index in [0.29, 0.717) is 0 Å². The van der Waals surface area contributed by atoms with Gasteiger partial charge in [0.15, 0.2) is 0 Å². The summed E-state index contributed by atoms with van der Waals surface area (Å²) in [6.07, 6.45) is 0.0872. The summed E-state index contributed by atoms with van der Waals surface area (Å²) in [6, 6.07) is 41.2. The maximum Gasteiger partial charge on any atom is 0.327 e. The number of carboxylic acids is 1. The molecule has 0 aliphatic carbocycles. The topological polar surface area (TPSA) is 69.6 Å². The molecule has 0 aliphatic rings. The van der Waals surface area contributed by atoms with Gasteiger partial charge in [0, 0.05) is 30.9 Å². The summed E-state index contributed by atoms with van der Waals surface area (Å²) < 4.78 is -0.680. The van der Waals surface area contributed by atoms with E-state index in [9.17, 15) is 14.7 Å². The number of thioether (sulfide) groups is 1. The van der Waals surface area contributed by atoms with Gasteiger partial charge in [-0.15, -0.1) is 11.8 Å². The fourth-order valence-electron chi connectivity index (χ4n) is 5.47. The molecule has 6 heteroatoms. The summed E-state index contributed by atoms with van der Waals surface area (Å²) in [4.78, 5) is 27.9. The Kier molecular flexibility index (Phi) is 8.94. The number of carboxylic acid groups (broad SMARTS) is 1. The van der Waals surface area contributed by atoms with E-state index >= 15 is 0 Å². The Labute approximate surface area is 251 Å². The Morgan fingerprint density at radius 2 is 1.21 bits per heavy atom. The fraction of sp³-hybridized carbons (Fsp3) is 0.167. The number of aliphatic carboxylic acids is 1. The average molecular weight is 575 g/mol. The van der Waals surface area contributed by atoms with Gasteiger partial charge in [-0.05, 0) is 33.7 Å². The summed E-state index contributed by atoms with van der Waals surface area (Å²) in [5.74, 6) is -1.22. The molecule has 0 fully saturated rings. The monoisotopic (exact) mass is 574 g/mol. The van der Waals surface area contributed by atoms with Gasteiger partial charge in [0.1, 0.15) is 6.04 Å². The molecule has 42 heavy (non-hydrogen) atoms. The number of hydrogen-bond acceptors (Lipinski definition) is 4. The molecule has 2 N–H and O–H groups in total.